The van der Waals surface area contributed by atoms with Crippen LogP contribution in [0.4, 0.5) is 0 Å². The van der Waals surface area contributed by atoms with Gasteiger partial charge in [0, 0.05) is 26.2 Å². The lowest BCUT2D eigenvalue weighted by atomic mass is 9.87. The van der Waals surface area contributed by atoms with Crippen LogP contribution >= 0.6 is 0 Å². The van der Waals surface area contributed by atoms with Crippen molar-refractivity contribution in [3.05, 3.63) is 41.5 Å². The molecule has 1 aliphatic rings. The molecule has 0 aliphatic carbocycles. The van der Waals surface area contributed by atoms with Gasteiger partial charge in [0.2, 0.25) is 11.8 Å². The molecular weight excluding hydrogens is 316 g/mol. The fourth-order valence-corrected chi connectivity index (χ4v) is 2.58. The molecule has 0 spiro atoms. The fraction of sp³-hybridized carbons (Fsp3) is 0.500. The summed E-state index contributed by atoms with van der Waals surface area (Å²) in [6.07, 6.45) is 3.29. The number of hydrogen-bond donors (Lipinski definition) is 0. The predicted octanol–water partition coefficient (Wildman–Crippen LogP) is 2.31. The van der Waals surface area contributed by atoms with Gasteiger partial charge in [-0.2, -0.15) is 0 Å². The van der Waals surface area contributed by atoms with E-state index in [1.54, 1.807) is 18.0 Å². The molecule has 0 radical (unpaired) electrons. The number of carbonyl (C=O) groups is 2. The van der Waals surface area contributed by atoms with E-state index in [2.05, 4.69) is 32.9 Å². The Balaban J connectivity index is 1.89. The molecule has 1 fully saturated rings. The zero-order chi connectivity index (χ0) is 18.4. The summed E-state index contributed by atoms with van der Waals surface area (Å²) in [6, 6.07) is 8.16. The van der Waals surface area contributed by atoms with Crippen molar-refractivity contribution in [3.8, 4) is 0 Å². The number of carbonyl (C=O) groups excluding carboxylic acids is 2. The van der Waals surface area contributed by atoms with Crippen LogP contribution in [0.5, 0.6) is 0 Å². The topological polar surface area (TPSA) is 49.9 Å². The van der Waals surface area contributed by atoms with Crippen LogP contribution in [0.25, 0.3) is 6.08 Å². The van der Waals surface area contributed by atoms with Crippen LogP contribution in [-0.2, 0) is 19.7 Å². The second kappa shape index (κ2) is 8.30. The third kappa shape index (κ3) is 5.71. The maximum absolute atomic E-state index is 12.2. The first-order chi connectivity index (χ1) is 11.8. The van der Waals surface area contributed by atoms with Gasteiger partial charge in [0.15, 0.2) is 0 Å². The Morgan fingerprint density at radius 1 is 1.16 bits per heavy atom. The molecule has 0 aromatic heterocycles. The normalized spacial score (nSPS) is 15.4. The van der Waals surface area contributed by atoms with Gasteiger partial charge in [-0.3, -0.25) is 9.59 Å². The van der Waals surface area contributed by atoms with Crippen molar-refractivity contribution in [2.45, 2.75) is 26.2 Å². The summed E-state index contributed by atoms with van der Waals surface area (Å²) < 4.78 is 5.23. The first-order valence-electron chi connectivity index (χ1n) is 8.66. The van der Waals surface area contributed by atoms with Crippen molar-refractivity contribution >= 4 is 17.9 Å². The van der Waals surface area contributed by atoms with Crippen LogP contribution in [0.1, 0.15) is 31.9 Å². The number of rotatable bonds is 4. The quantitative estimate of drug-likeness (QED) is 0.788. The second-order valence-electron chi connectivity index (χ2n) is 7.39. The Hall–Kier alpha value is -2.14. The van der Waals surface area contributed by atoms with Crippen molar-refractivity contribution in [2.75, 3.05) is 39.9 Å². The number of amides is 2. The standard InChI is InChI=1S/C20H28N2O3/c1-20(2,3)17-8-5-16(6-9-17)7-10-18(23)21(4)15-19(24)22-11-13-25-14-12-22/h5-10H,11-15H2,1-4H3. The van der Waals surface area contributed by atoms with E-state index in [9.17, 15) is 9.59 Å². The molecule has 2 amide bonds. The van der Waals surface area contributed by atoms with Gasteiger partial charge in [0.25, 0.3) is 0 Å². The number of likely N-dealkylation sites (N-methyl/N-ethyl adjacent to an activating group) is 1. The highest BCUT2D eigenvalue weighted by Gasteiger charge is 2.19. The zero-order valence-electron chi connectivity index (χ0n) is 15.6. The molecule has 1 aromatic carbocycles. The van der Waals surface area contributed by atoms with Crippen LogP contribution in [-0.4, -0.2) is 61.5 Å². The van der Waals surface area contributed by atoms with E-state index in [-0.39, 0.29) is 23.8 Å². The molecule has 2 rings (SSSR count). The van der Waals surface area contributed by atoms with Gasteiger partial charge in [0.1, 0.15) is 0 Å². The summed E-state index contributed by atoms with van der Waals surface area (Å²) in [5.74, 6) is -0.219. The lowest BCUT2D eigenvalue weighted by Crippen LogP contribution is -2.45. The maximum atomic E-state index is 12.2. The maximum Gasteiger partial charge on any atom is 0.246 e. The Labute approximate surface area is 150 Å². The molecule has 136 valence electrons. The minimum atomic E-state index is -0.179. The van der Waals surface area contributed by atoms with Crippen molar-refractivity contribution in [2.24, 2.45) is 0 Å². The van der Waals surface area contributed by atoms with E-state index in [4.69, 9.17) is 4.74 Å². The molecule has 1 saturated heterocycles. The fourth-order valence-electron chi connectivity index (χ4n) is 2.58. The molecule has 25 heavy (non-hydrogen) atoms. The van der Waals surface area contributed by atoms with E-state index in [0.717, 1.165) is 5.56 Å². The van der Waals surface area contributed by atoms with E-state index in [1.165, 1.54) is 16.5 Å². The Kier molecular flexibility index (Phi) is 6.37. The van der Waals surface area contributed by atoms with Crippen LogP contribution in [0.15, 0.2) is 30.3 Å². The summed E-state index contributed by atoms with van der Waals surface area (Å²) in [6.45, 7) is 8.91. The molecule has 0 saturated carbocycles. The Bertz CT molecular complexity index is 623. The highest BCUT2D eigenvalue weighted by molar-refractivity contribution is 5.94. The van der Waals surface area contributed by atoms with Crippen LogP contribution in [0.3, 0.4) is 0 Å². The first-order valence-corrected chi connectivity index (χ1v) is 8.66. The molecule has 5 heteroatoms. The smallest absolute Gasteiger partial charge is 0.246 e. The minimum Gasteiger partial charge on any atom is -0.378 e. The molecule has 0 unspecified atom stereocenters. The largest absolute Gasteiger partial charge is 0.378 e. The monoisotopic (exact) mass is 344 g/mol. The van der Waals surface area contributed by atoms with E-state index in [1.807, 2.05) is 12.1 Å². The molecule has 0 atom stereocenters. The van der Waals surface area contributed by atoms with Crippen molar-refractivity contribution in [1.82, 2.24) is 9.80 Å². The number of benzene rings is 1. The van der Waals surface area contributed by atoms with Gasteiger partial charge in [0.05, 0.1) is 19.8 Å². The highest BCUT2D eigenvalue weighted by atomic mass is 16.5. The van der Waals surface area contributed by atoms with Crippen LogP contribution in [0.2, 0.25) is 0 Å². The number of hydrogen-bond acceptors (Lipinski definition) is 3. The van der Waals surface area contributed by atoms with E-state index < -0.39 is 0 Å². The molecule has 1 heterocycles. The average molecular weight is 344 g/mol. The van der Waals surface area contributed by atoms with Crippen molar-refractivity contribution < 1.29 is 14.3 Å². The lowest BCUT2D eigenvalue weighted by molar-refractivity contribution is -0.140. The zero-order valence-corrected chi connectivity index (χ0v) is 15.6. The summed E-state index contributed by atoms with van der Waals surface area (Å²) in [5, 5.41) is 0. The predicted molar refractivity (Wildman–Crippen MR) is 99.2 cm³/mol. The summed E-state index contributed by atoms with van der Waals surface area (Å²) in [5.41, 5.74) is 2.33. The molecule has 0 bridgehead atoms. The van der Waals surface area contributed by atoms with E-state index in [0.29, 0.717) is 26.3 Å². The number of ether oxygens (including phenoxy) is 1. The molecular formula is C20H28N2O3. The first kappa shape index (κ1) is 19.2. The molecule has 1 aliphatic heterocycles. The van der Waals surface area contributed by atoms with Gasteiger partial charge >= 0.3 is 0 Å². The summed E-state index contributed by atoms with van der Waals surface area (Å²) >= 11 is 0. The number of morpholine rings is 1. The third-order valence-electron chi connectivity index (χ3n) is 4.31. The van der Waals surface area contributed by atoms with Gasteiger partial charge in [-0.05, 0) is 22.6 Å². The van der Waals surface area contributed by atoms with Crippen molar-refractivity contribution in [3.63, 3.8) is 0 Å². The number of nitrogens with zero attached hydrogens (tertiary/aromatic N) is 2. The van der Waals surface area contributed by atoms with Gasteiger partial charge in [-0.15, -0.1) is 0 Å². The average Bonchev–Trinajstić information content (AvgIpc) is 2.60. The van der Waals surface area contributed by atoms with Crippen LogP contribution in [0, 0.1) is 0 Å². The molecule has 1 aromatic rings. The van der Waals surface area contributed by atoms with Gasteiger partial charge in [-0.1, -0.05) is 45.0 Å². The van der Waals surface area contributed by atoms with Gasteiger partial charge in [-0.25, -0.2) is 0 Å². The van der Waals surface area contributed by atoms with Gasteiger partial charge < -0.3 is 14.5 Å². The Morgan fingerprint density at radius 3 is 2.32 bits per heavy atom. The third-order valence-corrected chi connectivity index (χ3v) is 4.31. The highest BCUT2D eigenvalue weighted by Crippen LogP contribution is 2.22. The molecule has 0 N–H and O–H groups in total. The lowest BCUT2D eigenvalue weighted by Gasteiger charge is -2.28. The summed E-state index contributed by atoms with van der Waals surface area (Å²) in [7, 11) is 1.65. The minimum absolute atomic E-state index is 0.0397. The SMILES string of the molecule is CN(CC(=O)N1CCOCC1)C(=O)C=Cc1ccc(C(C)(C)C)cc1. The van der Waals surface area contributed by atoms with E-state index >= 15 is 0 Å². The molecule has 5 nitrogen and oxygen atoms in total. The Morgan fingerprint density at radius 2 is 1.76 bits per heavy atom. The second-order valence-corrected chi connectivity index (χ2v) is 7.39. The van der Waals surface area contributed by atoms with Crippen LogP contribution < -0.4 is 0 Å². The summed E-state index contributed by atoms with van der Waals surface area (Å²) in [4.78, 5) is 27.6. The van der Waals surface area contributed by atoms with Crippen molar-refractivity contribution in [1.29, 1.82) is 0 Å².